The lowest BCUT2D eigenvalue weighted by atomic mass is 9.86. The topological polar surface area (TPSA) is 40.6 Å². The van der Waals surface area contributed by atoms with Crippen LogP contribution >= 0.6 is 0 Å². The summed E-state index contributed by atoms with van der Waals surface area (Å²) in [6.07, 6.45) is 0.875. The Morgan fingerprint density at radius 3 is 2.26 bits per heavy atom. The molecule has 0 spiro atoms. The standard InChI is InChI=1S/C19H28N2O2/c1-6-11-20-13-17(22)21(14(2)18(20)23)12-15-7-9-16(10-8-15)19(3,4)5/h7-10,14H,6,11-13H2,1-5H3/t14-/m1/s1. The Labute approximate surface area is 139 Å². The fourth-order valence-electron chi connectivity index (χ4n) is 2.94. The maximum atomic E-state index is 12.4. The first kappa shape index (κ1) is 17.5. The van der Waals surface area contributed by atoms with Gasteiger partial charge in [0.05, 0.1) is 6.54 Å². The van der Waals surface area contributed by atoms with Crippen LogP contribution in [0.4, 0.5) is 0 Å². The molecule has 1 saturated heterocycles. The van der Waals surface area contributed by atoms with Gasteiger partial charge in [0.1, 0.15) is 6.04 Å². The van der Waals surface area contributed by atoms with Crippen LogP contribution in [0.15, 0.2) is 24.3 Å². The van der Waals surface area contributed by atoms with Gasteiger partial charge in [-0.2, -0.15) is 0 Å². The van der Waals surface area contributed by atoms with Crippen molar-refractivity contribution < 1.29 is 9.59 Å². The van der Waals surface area contributed by atoms with E-state index in [-0.39, 0.29) is 29.8 Å². The number of nitrogens with zero attached hydrogens (tertiary/aromatic N) is 2. The van der Waals surface area contributed by atoms with Crippen molar-refractivity contribution >= 4 is 11.8 Å². The van der Waals surface area contributed by atoms with Crippen molar-refractivity contribution in [1.29, 1.82) is 0 Å². The van der Waals surface area contributed by atoms with Crippen LogP contribution in [0.3, 0.4) is 0 Å². The van der Waals surface area contributed by atoms with E-state index in [1.54, 1.807) is 9.80 Å². The summed E-state index contributed by atoms with van der Waals surface area (Å²) in [5, 5.41) is 0. The minimum Gasteiger partial charge on any atom is -0.332 e. The summed E-state index contributed by atoms with van der Waals surface area (Å²) >= 11 is 0. The Morgan fingerprint density at radius 1 is 1.13 bits per heavy atom. The van der Waals surface area contributed by atoms with Crippen molar-refractivity contribution in [3.63, 3.8) is 0 Å². The van der Waals surface area contributed by atoms with Crippen molar-refractivity contribution in [1.82, 2.24) is 9.80 Å². The first-order valence-corrected chi connectivity index (χ1v) is 8.41. The summed E-state index contributed by atoms with van der Waals surface area (Å²) in [5.74, 6) is 0.0863. The first-order chi connectivity index (χ1) is 10.7. The normalized spacial score (nSPS) is 19.4. The molecular weight excluding hydrogens is 288 g/mol. The predicted octanol–water partition coefficient (Wildman–Crippen LogP) is 2.95. The summed E-state index contributed by atoms with van der Waals surface area (Å²) in [6.45, 7) is 11.7. The van der Waals surface area contributed by atoms with E-state index in [1.807, 2.05) is 13.8 Å². The van der Waals surface area contributed by atoms with Crippen LogP contribution in [0.25, 0.3) is 0 Å². The molecule has 0 unspecified atom stereocenters. The average molecular weight is 316 g/mol. The first-order valence-electron chi connectivity index (χ1n) is 8.41. The molecule has 1 aliphatic rings. The SMILES string of the molecule is CCCN1CC(=O)N(Cc2ccc(C(C)(C)C)cc2)[C@H](C)C1=O. The Morgan fingerprint density at radius 2 is 1.74 bits per heavy atom. The van der Waals surface area contributed by atoms with E-state index in [0.29, 0.717) is 13.1 Å². The van der Waals surface area contributed by atoms with Crippen molar-refractivity contribution in [3.05, 3.63) is 35.4 Å². The molecule has 0 N–H and O–H groups in total. The number of amides is 2. The van der Waals surface area contributed by atoms with E-state index in [0.717, 1.165) is 12.0 Å². The molecule has 1 heterocycles. The van der Waals surface area contributed by atoms with E-state index < -0.39 is 0 Å². The highest BCUT2D eigenvalue weighted by molar-refractivity contribution is 5.94. The zero-order valence-electron chi connectivity index (χ0n) is 14.9. The van der Waals surface area contributed by atoms with Gasteiger partial charge in [0.2, 0.25) is 11.8 Å². The summed E-state index contributed by atoms with van der Waals surface area (Å²) in [6, 6.07) is 7.96. The molecule has 1 fully saturated rings. The van der Waals surface area contributed by atoms with E-state index in [1.165, 1.54) is 5.56 Å². The van der Waals surface area contributed by atoms with Gasteiger partial charge in [0, 0.05) is 13.1 Å². The zero-order chi connectivity index (χ0) is 17.2. The van der Waals surface area contributed by atoms with Crippen LogP contribution < -0.4 is 0 Å². The van der Waals surface area contributed by atoms with Gasteiger partial charge in [0.15, 0.2) is 0 Å². The predicted molar refractivity (Wildman–Crippen MR) is 92.0 cm³/mol. The fraction of sp³-hybridized carbons (Fsp3) is 0.579. The van der Waals surface area contributed by atoms with Gasteiger partial charge >= 0.3 is 0 Å². The molecule has 4 nitrogen and oxygen atoms in total. The van der Waals surface area contributed by atoms with Gasteiger partial charge in [-0.25, -0.2) is 0 Å². The van der Waals surface area contributed by atoms with Crippen molar-refractivity contribution in [3.8, 4) is 0 Å². The second kappa shape index (κ2) is 6.73. The van der Waals surface area contributed by atoms with Gasteiger partial charge in [-0.3, -0.25) is 9.59 Å². The molecule has 2 rings (SSSR count). The Kier molecular flexibility index (Phi) is 5.12. The lowest BCUT2D eigenvalue weighted by Crippen LogP contribution is -2.58. The summed E-state index contributed by atoms with van der Waals surface area (Å²) in [4.78, 5) is 28.1. The summed E-state index contributed by atoms with van der Waals surface area (Å²) in [7, 11) is 0. The molecule has 4 heteroatoms. The maximum Gasteiger partial charge on any atom is 0.245 e. The number of carbonyl (C=O) groups excluding carboxylic acids is 2. The number of piperazine rings is 1. The van der Waals surface area contributed by atoms with Crippen LogP contribution in [0.5, 0.6) is 0 Å². The molecule has 0 aliphatic carbocycles. The Balaban J connectivity index is 2.10. The second-order valence-electron chi connectivity index (χ2n) is 7.40. The van der Waals surface area contributed by atoms with Crippen LogP contribution in [-0.4, -0.2) is 40.7 Å². The maximum absolute atomic E-state index is 12.4. The zero-order valence-corrected chi connectivity index (χ0v) is 14.9. The highest BCUT2D eigenvalue weighted by Crippen LogP contribution is 2.23. The minimum absolute atomic E-state index is 0.0328. The van der Waals surface area contributed by atoms with E-state index in [2.05, 4.69) is 45.0 Å². The van der Waals surface area contributed by atoms with Crippen LogP contribution in [0, 0.1) is 0 Å². The highest BCUT2D eigenvalue weighted by atomic mass is 16.2. The molecule has 1 aromatic rings. The Bertz CT molecular complexity index is 572. The molecule has 2 amide bonds. The number of carbonyl (C=O) groups is 2. The monoisotopic (exact) mass is 316 g/mol. The molecular formula is C19H28N2O2. The summed E-state index contributed by atoms with van der Waals surface area (Å²) < 4.78 is 0. The highest BCUT2D eigenvalue weighted by Gasteiger charge is 2.35. The molecule has 1 aromatic carbocycles. The van der Waals surface area contributed by atoms with Gasteiger partial charge in [-0.15, -0.1) is 0 Å². The van der Waals surface area contributed by atoms with Crippen LogP contribution in [-0.2, 0) is 21.5 Å². The third-order valence-electron chi connectivity index (χ3n) is 4.45. The largest absolute Gasteiger partial charge is 0.332 e. The second-order valence-corrected chi connectivity index (χ2v) is 7.40. The lowest BCUT2D eigenvalue weighted by molar-refractivity contribution is -0.155. The van der Waals surface area contributed by atoms with Gasteiger partial charge < -0.3 is 9.80 Å². The molecule has 0 aromatic heterocycles. The van der Waals surface area contributed by atoms with Crippen molar-refractivity contribution in [2.75, 3.05) is 13.1 Å². The smallest absolute Gasteiger partial charge is 0.245 e. The van der Waals surface area contributed by atoms with Gasteiger partial charge in [-0.1, -0.05) is 52.0 Å². The number of benzene rings is 1. The van der Waals surface area contributed by atoms with E-state index in [4.69, 9.17) is 0 Å². The van der Waals surface area contributed by atoms with E-state index in [9.17, 15) is 9.59 Å². The third kappa shape index (κ3) is 3.92. The number of hydrogen-bond donors (Lipinski definition) is 0. The number of hydrogen-bond acceptors (Lipinski definition) is 2. The van der Waals surface area contributed by atoms with Gasteiger partial charge in [-0.05, 0) is 29.9 Å². The van der Waals surface area contributed by atoms with E-state index >= 15 is 0 Å². The van der Waals surface area contributed by atoms with Gasteiger partial charge in [0.25, 0.3) is 0 Å². The molecule has 1 aliphatic heterocycles. The lowest BCUT2D eigenvalue weighted by Gasteiger charge is -2.38. The Hall–Kier alpha value is -1.84. The minimum atomic E-state index is -0.384. The molecule has 0 saturated carbocycles. The van der Waals surface area contributed by atoms with Crippen molar-refractivity contribution in [2.45, 2.75) is 59.0 Å². The summed E-state index contributed by atoms with van der Waals surface area (Å²) in [5.41, 5.74) is 2.45. The quantitative estimate of drug-likeness (QED) is 0.857. The average Bonchev–Trinajstić information content (AvgIpc) is 2.49. The molecule has 23 heavy (non-hydrogen) atoms. The molecule has 1 atom stereocenters. The molecule has 126 valence electrons. The van der Waals surface area contributed by atoms with Crippen LogP contribution in [0.1, 0.15) is 52.2 Å². The molecule has 0 radical (unpaired) electrons. The third-order valence-corrected chi connectivity index (χ3v) is 4.45. The molecule has 0 bridgehead atoms. The van der Waals surface area contributed by atoms with Crippen LogP contribution in [0.2, 0.25) is 0 Å². The van der Waals surface area contributed by atoms with Crippen molar-refractivity contribution in [2.24, 2.45) is 0 Å². The fourth-order valence-corrected chi connectivity index (χ4v) is 2.94. The number of rotatable bonds is 4.